The van der Waals surface area contributed by atoms with Crippen LogP contribution in [0.4, 0.5) is 5.69 Å². The van der Waals surface area contributed by atoms with Crippen molar-refractivity contribution in [2.24, 2.45) is 5.92 Å². The highest BCUT2D eigenvalue weighted by molar-refractivity contribution is 9.10. The van der Waals surface area contributed by atoms with Gasteiger partial charge in [0, 0.05) is 26.7 Å². The summed E-state index contributed by atoms with van der Waals surface area (Å²) in [6.07, 6.45) is 0. The molecule has 0 fully saturated rings. The average Bonchev–Trinajstić information content (AvgIpc) is 2.61. The van der Waals surface area contributed by atoms with Crippen LogP contribution in [0.2, 0.25) is 0 Å². The van der Waals surface area contributed by atoms with Crippen LogP contribution >= 0.6 is 27.7 Å². The van der Waals surface area contributed by atoms with E-state index >= 15 is 0 Å². The van der Waals surface area contributed by atoms with Gasteiger partial charge in [-0.3, -0.25) is 9.59 Å². The SMILES string of the molecule is Cc1cc(Br)ccc1NC(=O)CNC(=O)C(C)CSc1ccccc1. The Balaban J connectivity index is 1.75. The molecule has 0 heterocycles. The smallest absolute Gasteiger partial charge is 0.243 e. The van der Waals surface area contributed by atoms with Gasteiger partial charge in [-0.2, -0.15) is 0 Å². The molecular weight excluding hydrogens is 400 g/mol. The molecule has 0 spiro atoms. The van der Waals surface area contributed by atoms with E-state index in [1.807, 2.05) is 62.4 Å². The summed E-state index contributed by atoms with van der Waals surface area (Å²) in [5.41, 5.74) is 1.71. The zero-order chi connectivity index (χ0) is 18.2. The molecule has 0 aliphatic rings. The summed E-state index contributed by atoms with van der Waals surface area (Å²) in [5, 5.41) is 5.51. The fraction of sp³-hybridized carbons (Fsp3) is 0.263. The van der Waals surface area contributed by atoms with E-state index in [0.29, 0.717) is 5.75 Å². The standard InChI is InChI=1S/C19H21BrN2O2S/c1-13-10-15(20)8-9-17(13)22-18(23)11-21-19(24)14(2)12-25-16-6-4-3-5-7-16/h3-10,14H,11-12H2,1-2H3,(H,21,24)(H,22,23). The first-order chi connectivity index (χ1) is 12.0. The predicted octanol–water partition coefficient (Wildman–Crippen LogP) is 4.24. The normalized spacial score (nSPS) is 11.6. The van der Waals surface area contributed by atoms with Gasteiger partial charge >= 0.3 is 0 Å². The van der Waals surface area contributed by atoms with Gasteiger partial charge in [0.15, 0.2) is 0 Å². The van der Waals surface area contributed by atoms with E-state index in [1.54, 1.807) is 11.8 Å². The molecule has 1 unspecified atom stereocenters. The molecule has 1 atom stereocenters. The number of anilines is 1. The van der Waals surface area contributed by atoms with Crippen molar-refractivity contribution < 1.29 is 9.59 Å². The van der Waals surface area contributed by atoms with Crippen LogP contribution in [0, 0.1) is 12.8 Å². The maximum Gasteiger partial charge on any atom is 0.243 e. The van der Waals surface area contributed by atoms with E-state index < -0.39 is 0 Å². The number of rotatable bonds is 7. The Morgan fingerprint density at radius 3 is 2.56 bits per heavy atom. The molecule has 25 heavy (non-hydrogen) atoms. The molecule has 0 saturated heterocycles. The summed E-state index contributed by atoms with van der Waals surface area (Å²) >= 11 is 5.02. The van der Waals surface area contributed by atoms with Crippen LogP contribution in [0.1, 0.15) is 12.5 Å². The van der Waals surface area contributed by atoms with E-state index in [2.05, 4.69) is 26.6 Å². The fourth-order valence-corrected chi connectivity index (χ4v) is 3.54. The first-order valence-electron chi connectivity index (χ1n) is 7.97. The van der Waals surface area contributed by atoms with Crippen LogP contribution in [0.25, 0.3) is 0 Å². The van der Waals surface area contributed by atoms with E-state index in [1.165, 1.54) is 0 Å². The predicted molar refractivity (Wildman–Crippen MR) is 107 cm³/mol. The van der Waals surface area contributed by atoms with Crippen molar-refractivity contribution in [1.82, 2.24) is 5.32 Å². The lowest BCUT2D eigenvalue weighted by Crippen LogP contribution is -2.36. The van der Waals surface area contributed by atoms with Crippen LogP contribution in [0.5, 0.6) is 0 Å². The Hall–Kier alpha value is -1.79. The number of hydrogen-bond donors (Lipinski definition) is 2. The molecule has 2 aromatic carbocycles. The molecule has 2 aromatic rings. The summed E-state index contributed by atoms with van der Waals surface area (Å²) in [5.74, 6) is 0.142. The number of benzene rings is 2. The Labute approximate surface area is 160 Å². The van der Waals surface area contributed by atoms with Crippen LogP contribution in [-0.2, 0) is 9.59 Å². The summed E-state index contributed by atoms with van der Waals surface area (Å²) in [6, 6.07) is 15.6. The highest BCUT2D eigenvalue weighted by Gasteiger charge is 2.14. The first-order valence-corrected chi connectivity index (χ1v) is 9.75. The maximum atomic E-state index is 12.1. The minimum absolute atomic E-state index is 0.0331. The topological polar surface area (TPSA) is 58.2 Å². The third-order valence-electron chi connectivity index (χ3n) is 3.58. The van der Waals surface area contributed by atoms with Crippen molar-refractivity contribution >= 4 is 45.2 Å². The number of hydrogen-bond acceptors (Lipinski definition) is 3. The molecule has 2 amide bonds. The van der Waals surface area contributed by atoms with Gasteiger partial charge in [-0.15, -0.1) is 11.8 Å². The second-order valence-electron chi connectivity index (χ2n) is 5.75. The molecule has 0 aliphatic carbocycles. The molecular formula is C19H21BrN2O2S. The summed E-state index contributed by atoms with van der Waals surface area (Å²) < 4.78 is 0.959. The van der Waals surface area contributed by atoms with Crippen molar-refractivity contribution in [3.8, 4) is 0 Å². The molecule has 4 nitrogen and oxygen atoms in total. The van der Waals surface area contributed by atoms with Gasteiger partial charge in [-0.1, -0.05) is 41.1 Å². The molecule has 0 aliphatic heterocycles. The Kier molecular flexibility index (Phi) is 7.52. The Morgan fingerprint density at radius 1 is 1.16 bits per heavy atom. The monoisotopic (exact) mass is 420 g/mol. The minimum Gasteiger partial charge on any atom is -0.347 e. The number of halogens is 1. The zero-order valence-corrected chi connectivity index (χ0v) is 16.6. The van der Waals surface area contributed by atoms with Crippen LogP contribution in [0.15, 0.2) is 57.9 Å². The fourth-order valence-electron chi connectivity index (χ4n) is 2.12. The van der Waals surface area contributed by atoms with Crippen molar-refractivity contribution in [2.45, 2.75) is 18.7 Å². The van der Waals surface area contributed by atoms with Crippen molar-refractivity contribution in [1.29, 1.82) is 0 Å². The third-order valence-corrected chi connectivity index (χ3v) is 5.34. The molecule has 6 heteroatoms. The van der Waals surface area contributed by atoms with Crippen LogP contribution in [0.3, 0.4) is 0 Å². The van der Waals surface area contributed by atoms with Crippen molar-refractivity contribution in [3.05, 3.63) is 58.6 Å². The van der Waals surface area contributed by atoms with Crippen molar-refractivity contribution in [3.63, 3.8) is 0 Å². The molecule has 2 rings (SSSR count). The molecule has 0 saturated carbocycles. The van der Waals surface area contributed by atoms with Crippen LogP contribution < -0.4 is 10.6 Å². The number of aryl methyl sites for hydroxylation is 1. The second kappa shape index (κ2) is 9.63. The molecule has 132 valence electrons. The number of carbonyl (C=O) groups excluding carboxylic acids is 2. The summed E-state index contributed by atoms with van der Waals surface area (Å²) in [6.45, 7) is 3.75. The van der Waals surface area contributed by atoms with Gasteiger partial charge in [-0.05, 0) is 42.8 Å². The Bertz CT molecular complexity index is 737. The highest BCUT2D eigenvalue weighted by atomic mass is 79.9. The third kappa shape index (κ3) is 6.55. The van der Waals surface area contributed by atoms with E-state index in [9.17, 15) is 9.59 Å². The van der Waals surface area contributed by atoms with Gasteiger partial charge in [-0.25, -0.2) is 0 Å². The van der Waals surface area contributed by atoms with Crippen LogP contribution in [-0.4, -0.2) is 24.1 Å². The van der Waals surface area contributed by atoms with Gasteiger partial charge in [0.1, 0.15) is 0 Å². The Morgan fingerprint density at radius 2 is 1.88 bits per heavy atom. The number of thioether (sulfide) groups is 1. The van der Waals surface area contributed by atoms with Gasteiger partial charge in [0.2, 0.25) is 11.8 Å². The molecule has 0 bridgehead atoms. The number of carbonyl (C=O) groups is 2. The van der Waals surface area contributed by atoms with Gasteiger partial charge < -0.3 is 10.6 Å². The number of nitrogens with one attached hydrogen (secondary N) is 2. The lowest BCUT2D eigenvalue weighted by Gasteiger charge is -2.13. The minimum atomic E-state index is -0.235. The maximum absolute atomic E-state index is 12.1. The van der Waals surface area contributed by atoms with Crippen molar-refractivity contribution in [2.75, 3.05) is 17.6 Å². The molecule has 2 N–H and O–H groups in total. The van der Waals surface area contributed by atoms with E-state index in [4.69, 9.17) is 0 Å². The molecule has 0 radical (unpaired) electrons. The zero-order valence-electron chi connectivity index (χ0n) is 14.2. The van der Waals surface area contributed by atoms with Gasteiger partial charge in [0.25, 0.3) is 0 Å². The van der Waals surface area contributed by atoms with E-state index in [-0.39, 0.29) is 24.3 Å². The summed E-state index contributed by atoms with van der Waals surface area (Å²) in [7, 11) is 0. The quantitative estimate of drug-likeness (QED) is 0.658. The first kappa shape index (κ1) is 19.5. The second-order valence-corrected chi connectivity index (χ2v) is 7.76. The lowest BCUT2D eigenvalue weighted by atomic mass is 10.2. The average molecular weight is 421 g/mol. The largest absolute Gasteiger partial charge is 0.347 e. The number of amides is 2. The highest BCUT2D eigenvalue weighted by Crippen LogP contribution is 2.21. The lowest BCUT2D eigenvalue weighted by molar-refractivity contribution is -0.126. The van der Waals surface area contributed by atoms with Gasteiger partial charge in [0.05, 0.1) is 6.54 Å². The summed E-state index contributed by atoms with van der Waals surface area (Å²) in [4.78, 5) is 25.3. The van der Waals surface area contributed by atoms with E-state index in [0.717, 1.165) is 20.6 Å². The molecule has 0 aromatic heterocycles.